The lowest BCUT2D eigenvalue weighted by molar-refractivity contribution is -0.125. The van der Waals surface area contributed by atoms with Crippen LogP contribution >= 0.6 is 0 Å². The SMILES string of the molecule is C/C(C[C@@H](OC(=O)Nc1ccc(F)cc1F)c1ccc(OCCO)cc1)=C(/C)C(=O)NO. The number of ether oxygens (including phenoxy) is 2. The first-order valence-corrected chi connectivity index (χ1v) is 9.62. The van der Waals surface area contributed by atoms with Crippen molar-refractivity contribution in [1.82, 2.24) is 5.48 Å². The van der Waals surface area contributed by atoms with Gasteiger partial charge in [0.1, 0.15) is 30.1 Å². The molecule has 0 saturated carbocycles. The second kappa shape index (κ2) is 11.8. The van der Waals surface area contributed by atoms with Crippen molar-refractivity contribution < 1.29 is 38.2 Å². The minimum absolute atomic E-state index is 0.0927. The average Bonchev–Trinajstić information content (AvgIpc) is 2.78. The number of amides is 2. The number of hydrogen-bond acceptors (Lipinski definition) is 6. The van der Waals surface area contributed by atoms with Gasteiger partial charge in [0.25, 0.3) is 5.91 Å². The van der Waals surface area contributed by atoms with Crippen molar-refractivity contribution in [2.75, 3.05) is 18.5 Å². The fourth-order valence-corrected chi connectivity index (χ4v) is 2.74. The summed E-state index contributed by atoms with van der Waals surface area (Å²) >= 11 is 0. The predicted molar refractivity (Wildman–Crippen MR) is 111 cm³/mol. The van der Waals surface area contributed by atoms with E-state index in [0.717, 1.165) is 12.1 Å². The van der Waals surface area contributed by atoms with Gasteiger partial charge in [-0.2, -0.15) is 0 Å². The molecule has 0 fully saturated rings. The third kappa shape index (κ3) is 7.03. The summed E-state index contributed by atoms with van der Waals surface area (Å²) in [7, 11) is 0. The lowest BCUT2D eigenvalue weighted by Gasteiger charge is -2.20. The molecule has 0 radical (unpaired) electrons. The molecule has 0 heterocycles. The largest absolute Gasteiger partial charge is 0.491 e. The fourth-order valence-electron chi connectivity index (χ4n) is 2.74. The van der Waals surface area contributed by atoms with Gasteiger partial charge in [-0.15, -0.1) is 0 Å². The Morgan fingerprint density at radius 2 is 1.78 bits per heavy atom. The van der Waals surface area contributed by atoms with Gasteiger partial charge in [-0.25, -0.2) is 19.1 Å². The molecule has 8 nitrogen and oxygen atoms in total. The summed E-state index contributed by atoms with van der Waals surface area (Å²) in [5, 5.41) is 19.9. The van der Waals surface area contributed by atoms with Gasteiger partial charge >= 0.3 is 6.09 Å². The summed E-state index contributed by atoms with van der Waals surface area (Å²) in [4.78, 5) is 24.1. The van der Waals surface area contributed by atoms with Crippen molar-refractivity contribution in [3.63, 3.8) is 0 Å². The first-order valence-electron chi connectivity index (χ1n) is 9.62. The van der Waals surface area contributed by atoms with Crippen molar-refractivity contribution >= 4 is 17.7 Å². The molecule has 0 aliphatic carbocycles. The number of hydrogen-bond donors (Lipinski definition) is 4. The molecule has 32 heavy (non-hydrogen) atoms. The van der Waals surface area contributed by atoms with Gasteiger partial charge in [-0.05, 0) is 43.7 Å². The van der Waals surface area contributed by atoms with Gasteiger partial charge in [0.05, 0.1) is 12.3 Å². The van der Waals surface area contributed by atoms with Crippen molar-refractivity contribution in [2.24, 2.45) is 0 Å². The Bertz CT molecular complexity index is 979. The Morgan fingerprint density at radius 1 is 1.09 bits per heavy atom. The third-order valence-electron chi connectivity index (χ3n) is 4.60. The topological polar surface area (TPSA) is 117 Å². The summed E-state index contributed by atoms with van der Waals surface area (Å²) in [5.41, 5.74) is 2.60. The number of nitrogens with one attached hydrogen (secondary N) is 2. The van der Waals surface area contributed by atoms with E-state index in [2.05, 4.69) is 5.32 Å². The minimum atomic E-state index is -0.988. The number of hydroxylamine groups is 1. The Labute approximate surface area is 183 Å². The van der Waals surface area contributed by atoms with E-state index in [1.54, 1.807) is 36.7 Å². The number of aliphatic hydroxyl groups is 1. The molecular formula is C22H24F2N2O6. The zero-order valence-corrected chi connectivity index (χ0v) is 17.5. The maximum atomic E-state index is 13.8. The zero-order chi connectivity index (χ0) is 23.7. The molecule has 2 aromatic carbocycles. The first-order chi connectivity index (χ1) is 15.2. The normalized spacial score (nSPS) is 12.4. The van der Waals surface area contributed by atoms with Crippen LogP contribution in [0.4, 0.5) is 19.3 Å². The Balaban J connectivity index is 2.24. The van der Waals surface area contributed by atoms with E-state index in [4.69, 9.17) is 19.8 Å². The quantitative estimate of drug-likeness (QED) is 0.262. The molecule has 4 N–H and O–H groups in total. The van der Waals surface area contributed by atoms with Crippen LogP contribution in [-0.2, 0) is 9.53 Å². The lowest BCUT2D eigenvalue weighted by Crippen LogP contribution is -2.22. The maximum absolute atomic E-state index is 13.8. The van der Waals surface area contributed by atoms with Crippen LogP contribution in [0.1, 0.15) is 31.9 Å². The predicted octanol–water partition coefficient (Wildman–Crippen LogP) is 3.86. The van der Waals surface area contributed by atoms with E-state index >= 15 is 0 Å². The van der Waals surface area contributed by atoms with E-state index < -0.39 is 29.7 Å². The Hall–Kier alpha value is -3.50. The van der Waals surface area contributed by atoms with E-state index in [1.807, 2.05) is 0 Å². The fraction of sp³-hybridized carbons (Fsp3) is 0.273. The number of rotatable bonds is 9. The molecule has 0 aliphatic rings. The molecule has 10 heteroatoms. The van der Waals surface area contributed by atoms with Crippen molar-refractivity contribution in [1.29, 1.82) is 0 Å². The molecule has 0 unspecified atom stereocenters. The van der Waals surface area contributed by atoms with Crippen LogP contribution in [0.2, 0.25) is 0 Å². The molecule has 0 spiro atoms. The molecule has 1 atom stereocenters. The van der Waals surface area contributed by atoms with E-state index in [1.165, 1.54) is 6.92 Å². The van der Waals surface area contributed by atoms with Crippen LogP contribution in [-0.4, -0.2) is 35.5 Å². The van der Waals surface area contributed by atoms with Crippen LogP contribution in [0.15, 0.2) is 53.6 Å². The van der Waals surface area contributed by atoms with Gasteiger partial charge in [0, 0.05) is 18.1 Å². The van der Waals surface area contributed by atoms with Gasteiger partial charge in [0.2, 0.25) is 0 Å². The maximum Gasteiger partial charge on any atom is 0.412 e. The highest BCUT2D eigenvalue weighted by atomic mass is 19.1. The number of carbonyl (C=O) groups excluding carboxylic acids is 2. The van der Waals surface area contributed by atoms with Crippen molar-refractivity contribution in [3.05, 3.63) is 70.8 Å². The summed E-state index contributed by atoms with van der Waals surface area (Å²) in [6.07, 6.45) is -1.78. The number of halogens is 2. The number of carbonyl (C=O) groups is 2. The molecule has 0 aromatic heterocycles. The van der Waals surface area contributed by atoms with Gasteiger partial charge in [-0.1, -0.05) is 17.7 Å². The minimum Gasteiger partial charge on any atom is -0.491 e. The summed E-state index contributed by atoms with van der Waals surface area (Å²) in [6, 6.07) is 9.19. The Kier molecular flexibility index (Phi) is 9.11. The molecule has 2 amide bonds. The van der Waals surface area contributed by atoms with Crippen molar-refractivity contribution in [2.45, 2.75) is 26.4 Å². The van der Waals surface area contributed by atoms with Crippen LogP contribution in [0, 0.1) is 11.6 Å². The highest BCUT2D eigenvalue weighted by Gasteiger charge is 2.21. The highest BCUT2D eigenvalue weighted by molar-refractivity contribution is 5.92. The monoisotopic (exact) mass is 450 g/mol. The number of anilines is 1. The van der Waals surface area contributed by atoms with Gasteiger partial charge < -0.3 is 14.6 Å². The summed E-state index contributed by atoms with van der Waals surface area (Å²) in [5.74, 6) is -1.97. The first kappa shape index (κ1) is 24.8. The number of benzene rings is 2. The Morgan fingerprint density at radius 3 is 2.38 bits per heavy atom. The molecule has 2 aromatic rings. The molecule has 172 valence electrons. The smallest absolute Gasteiger partial charge is 0.412 e. The van der Waals surface area contributed by atoms with E-state index in [-0.39, 0.29) is 30.9 Å². The van der Waals surface area contributed by atoms with Crippen LogP contribution in [0.25, 0.3) is 0 Å². The highest BCUT2D eigenvalue weighted by Crippen LogP contribution is 2.29. The molecule has 0 aliphatic heterocycles. The van der Waals surface area contributed by atoms with Crippen molar-refractivity contribution in [3.8, 4) is 5.75 Å². The van der Waals surface area contributed by atoms with Crippen LogP contribution < -0.4 is 15.5 Å². The molecule has 0 saturated heterocycles. The van der Waals surface area contributed by atoms with E-state index in [0.29, 0.717) is 23.0 Å². The van der Waals surface area contributed by atoms with Gasteiger partial charge in [-0.3, -0.25) is 15.3 Å². The van der Waals surface area contributed by atoms with E-state index in [9.17, 15) is 18.4 Å². The lowest BCUT2D eigenvalue weighted by atomic mass is 9.98. The average molecular weight is 450 g/mol. The second-order valence-corrected chi connectivity index (χ2v) is 6.83. The summed E-state index contributed by atoms with van der Waals surface area (Å²) in [6.45, 7) is 3.10. The molecular weight excluding hydrogens is 426 g/mol. The molecule has 2 rings (SSSR count). The zero-order valence-electron chi connectivity index (χ0n) is 17.5. The van der Waals surface area contributed by atoms with Crippen LogP contribution in [0.5, 0.6) is 5.75 Å². The van der Waals surface area contributed by atoms with Gasteiger partial charge in [0.15, 0.2) is 0 Å². The van der Waals surface area contributed by atoms with Crippen LogP contribution in [0.3, 0.4) is 0 Å². The summed E-state index contributed by atoms with van der Waals surface area (Å²) < 4.78 is 37.7. The third-order valence-corrected chi connectivity index (χ3v) is 4.60. The second-order valence-electron chi connectivity index (χ2n) is 6.83. The standard InChI is InChI=1S/C22H24F2N2O6/c1-13(14(2)21(28)26-30)11-20(15-3-6-17(7-4-15)31-10-9-27)32-22(29)25-19-8-5-16(23)12-18(19)24/h3-8,12,20,27,30H,9-11H2,1-2H3,(H,25,29)(H,26,28)/b14-13+/t20-/m1/s1. The molecule has 0 bridgehead atoms. The number of aliphatic hydroxyl groups excluding tert-OH is 1.